The number of aliphatic carboxylic acids is 1. The summed E-state index contributed by atoms with van der Waals surface area (Å²) < 4.78 is 13.8. The van der Waals surface area contributed by atoms with Crippen molar-refractivity contribution < 1.29 is 19.1 Å². The van der Waals surface area contributed by atoms with E-state index in [1.807, 2.05) is 6.07 Å². The van der Waals surface area contributed by atoms with Crippen LogP contribution in [0, 0.1) is 17.1 Å². The van der Waals surface area contributed by atoms with E-state index in [4.69, 9.17) is 10.4 Å². The number of benzene rings is 1. The van der Waals surface area contributed by atoms with Gasteiger partial charge in [0.25, 0.3) is 0 Å². The molecule has 1 aromatic carbocycles. The largest absolute Gasteiger partial charge is 0.481 e. The average molecular weight is 371 g/mol. The lowest BCUT2D eigenvalue weighted by Gasteiger charge is -2.19. The van der Waals surface area contributed by atoms with Crippen LogP contribution in [0.1, 0.15) is 12.0 Å². The Morgan fingerprint density at radius 1 is 1.38 bits per heavy atom. The van der Waals surface area contributed by atoms with Gasteiger partial charge in [-0.15, -0.1) is 0 Å². The van der Waals surface area contributed by atoms with Crippen molar-refractivity contribution in [2.24, 2.45) is 0 Å². The zero-order valence-electron chi connectivity index (χ0n) is 13.1. The molecular formula is C15H18FN3O3S2. The molecule has 0 bridgehead atoms. The molecule has 0 saturated heterocycles. The second-order valence-corrected chi connectivity index (χ2v) is 7.47. The number of nitriles is 1. The van der Waals surface area contributed by atoms with Gasteiger partial charge in [0.05, 0.1) is 30.3 Å². The minimum absolute atomic E-state index is 0.000353. The summed E-state index contributed by atoms with van der Waals surface area (Å²) in [5, 5.41) is 19.9. The molecule has 1 aromatic rings. The number of amides is 1. The Morgan fingerprint density at radius 3 is 2.71 bits per heavy atom. The van der Waals surface area contributed by atoms with E-state index in [2.05, 4.69) is 5.32 Å². The minimum atomic E-state index is -0.825. The standard InChI is InChI=1S/C15H18FN3O3S2/c1-19(13-3-2-11(9-17)8-12(13)16)10-14(20)18-5-7-24-23-6-4-15(21)22/h2-3,8H,4-7,10H2,1H3,(H,18,20)(H,21,22). The van der Waals surface area contributed by atoms with Gasteiger partial charge in [-0.1, -0.05) is 21.6 Å². The molecule has 9 heteroatoms. The van der Waals surface area contributed by atoms with Crippen LogP contribution in [0.2, 0.25) is 0 Å². The summed E-state index contributed by atoms with van der Waals surface area (Å²) in [6.45, 7) is 0.451. The number of hydrogen-bond donors (Lipinski definition) is 2. The zero-order valence-corrected chi connectivity index (χ0v) is 14.8. The van der Waals surface area contributed by atoms with Gasteiger partial charge >= 0.3 is 5.97 Å². The summed E-state index contributed by atoms with van der Waals surface area (Å²) in [4.78, 5) is 23.6. The van der Waals surface area contributed by atoms with Crippen molar-refractivity contribution in [3.63, 3.8) is 0 Å². The quantitative estimate of drug-likeness (QED) is 0.480. The molecule has 24 heavy (non-hydrogen) atoms. The molecule has 1 amide bonds. The SMILES string of the molecule is CN(CC(=O)NCCSSCCC(=O)O)c1ccc(C#N)cc1F. The number of carbonyl (C=O) groups is 2. The summed E-state index contributed by atoms with van der Waals surface area (Å²) in [5.74, 6) is -0.429. The lowest BCUT2D eigenvalue weighted by Crippen LogP contribution is -2.36. The number of likely N-dealkylation sites (N-methyl/N-ethyl adjacent to an activating group) is 1. The number of carbonyl (C=O) groups excluding carboxylic acids is 1. The second-order valence-electron chi connectivity index (χ2n) is 4.77. The number of carboxylic acids is 1. The smallest absolute Gasteiger partial charge is 0.304 e. The van der Waals surface area contributed by atoms with E-state index in [1.54, 1.807) is 7.05 Å². The Morgan fingerprint density at radius 2 is 2.08 bits per heavy atom. The highest BCUT2D eigenvalue weighted by molar-refractivity contribution is 8.76. The number of nitrogens with zero attached hydrogens (tertiary/aromatic N) is 2. The Balaban J connectivity index is 2.27. The van der Waals surface area contributed by atoms with Crippen LogP contribution in [0.5, 0.6) is 0 Å². The Kier molecular flexibility index (Phi) is 9.04. The van der Waals surface area contributed by atoms with Crippen molar-refractivity contribution in [2.45, 2.75) is 6.42 Å². The molecule has 6 nitrogen and oxygen atoms in total. The molecule has 0 unspecified atom stereocenters. The van der Waals surface area contributed by atoms with Crippen LogP contribution >= 0.6 is 21.6 Å². The number of rotatable bonds is 10. The van der Waals surface area contributed by atoms with E-state index in [9.17, 15) is 14.0 Å². The molecule has 2 N–H and O–H groups in total. The Bertz CT molecular complexity index is 622. The second kappa shape index (κ2) is 10.8. The molecule has 0 aliphatic heterocycles. The Labute approximate surface area is 147 Å². The summed E-state index contributed by atoms with van der Waals surface area (Å²) in [5.41, 5.74) is 0.481. The number of halogens is 1. The Hall–Kier alpha value is -1.92. The van der Waals surface area contributed by atoms with Gasteiger partial charge in [-0.2, -0.15) is 5.26 Å². The van der Waals surface area contributed by atoms with Gasteiger partial charge in [0.2, 0.25) is 5.91 Å². The minimum Gasteiger partial charge on any atom is -0.481 e. The van der Waals surface area contributed by atoms with Crippen molar-refractivity contribution in [1.29, 1.82) is 5.26 Å². The predicted octanol–water partition coefficient (Wildman–Crippen LogP) is 2.11. The van der Waals surface area contributed by atoms with E-state index >= 15 is 0 Å². The predicted molar refractivity (Wildman–Crippen MR) is 94.6 cm³/mol. The molecule has 0 aromatic heterocycles. The van der Waals surface area contributed by atoms with Crippen LogP contribution in [-0.2, 0) is 9.59 Å². The molecule has 0 saturated carbocycles. The van der Waals surface area contributed by atoms with Gasteiger partial charge in [-0.05, 0) is 18.2 Å². The highest BCUT2D eigenvalue weighted by Gasteiger charge is 2.12. The first-order chi connectivity index (χ1) is 11.4. The highest BCUT2D eigenvalue weighted by Crippen LogP contribution is 2.21. The first-order valence-corrected chi connectivity index (χ1v) is 9.56. The monoisotopic (exact) mass is 371 g/mol. The lowest BCUT2D eigenvalue weighted by atomic mass is 10.2. The van der Waals surface area contributed by atoms with Crippen molar-refractivity contribution in [3.8, 4) is 6.07 Å². The first kappa shape index (κ1) is 20.1. The first-order valence-electron chi connectivity index (χ1n) is 7.07. The van der Waals surface area contributed by atoms with Gasteiger partial charge in [-0.3, -0.25) is 9.59 Å². The van der Waals surface area contributed by atoms with E-state index in [0.29, 0.717) is 18.1 Å². The maximum Gasteiger partial charge on any atom is 0.304 e. The van der Waals surface area contributed by atoms with Gasteiger partial charge in [0, 0.05) is 25.1 Å². The molecule has 0 fully saturated rings. The number of anilines is 1. The van der Waals surface area contributed by atoms with Crippen LogP contribution in [-0.4, -0.2) is 48.6 Å². The maximum atomic E-state index is 13.8. The van der Waals surface area contributed by atoms with E-state index in [-0.39, 0.29) is 30.1 Å². The topological polar surface area (TPSA) is 93.4 Å². The van der Waals surface area contributed by atoms with E-state index < -0.39 is 11.8 Å². The van der Waals surface area contributed by atoms with Crippen molar-refractivity contribution in [1.82, 2.24) is 5.32 Å². The molecule has 0 spiro atoms. The van der Waals surface area contributed by atoms with Gasteiger partial charge in [-0.25, -0.2) is 4.39 Å². The van der Waals surface area contributed by atoms with Crippen molar-refractivity contribution in [3.05, 3.63) is 29.6 Å². The highest BCUT2D eigenvalue weighted by atomic mass is 33.1. The van der Waals surface area contributed by atoms with Crippen LogP contribution in [0.3, 0.4) is 0 Å². The molecule has 0 aliphatic rings. The number of carboxylic acid groups (broad SMARTS) is 1. The third kappa shape index (κ3) is 7.57. The lowest BCUT2D eigenvalue weighted by molar-refractivity contribution is -0.136. The van der Waals surface area contributed by atoms with Gasteiger partial charge in [0.1, 0.15) is 5.82 Å². The van der Waals surface area contributed by atoms with Crippen LogP contribution in [0.4, 0.5) is 10.1 Å². The number of hydrogen-bond acceptors (Lipinski definition) is 6. The molecule has 0 heterocycles. The van der Waals surface area contributed by atoms with E-state index in [1.165, 1.54) is 38.6 Å². The third-order valence-corrected chi connectivity index (χ3v) is 5.27. The molecule has 0 aliphatic carbocycles. The third-order valence-electron chi connectivity index (χ3n) is 2.86. The van der Waals surface area contributed by atoms with E-state index in [0.717, 1.165) is 6.07 Å². The zero-order chi connectivity index (χ0) is 17.9. The molecular weight excluding hydrogens is 353 g/mol. The molecule has 130 valence electrons. The normalized spacial score (nSPS) is 10.0. The van der Waals surface area contributed by atoms with Gasteiger partial charge in [0.15, 0.2) is 0 Å². The van der Waals surface area contributed by atoms with Crippen LogP contribution < -0.4 is 10.2 Å². The van der Waals surface area contributed by atoms with Crippen LogP contribution in [0.25, 0.3) is 0 Å². The summed E-state index contributed by atoms with van der Waals surface area (Å²) in [6, 6.07) is 5.95. The molecule has 0 radical (unpaired) electrons. The van der Waals surface area contributed by atoms with Gasteiger partial charge < -0.3 is 15.3 Å². The number of nitrogens with one attached hydrogen (secondary N) is 1. The fourth-order valence-electron chi connectivity index (χ4n) is 1.72. The summed E-state index contributed by atoms with van der Waals surface area (Å²) >= 11 is 0. The summed E-state index contributed by atoms with van der Waals surface area (Å²) in [6.07, 6.45) is 0.116. The summed E-state index contributed by atoms with van der Waals surface area (Å²) in [7, 11) is 4.54. The molecule has 1 rings (SSSR count). The fourth-order valence-corrected chi connectivity index (χ4v) is 3.61. The molecule has 0 atom stereocenters. The van der Waals surface area contributed by atoms with Crippen molar-refractivity contribution in [2.75, 3.05) is 36.5 Å². The maximum absolute atomic E-state index is 13.8. The fraction of sp³-hybridized carbons (Fsp3) is 0.400. The average Bonchev–Trinajstić information content (AvgIpc) is 2.53. The van der Waals surface area contributed by atoms with Crippen LogP contribution in [0.15, 0.2) is 18.2 Å². The van der Waals surface area contributed by atoms with Crippen molar-refractivity contribution >= 4 is 39.2 Å².